The van der Waals surface area contributed by atoms with E-state index in [0.717, 1.165) is 22.6 Å². The number of carbonyl (C=O) groups is 1. The zero-order chi connectivity index (χ0) is 18.9. The molecule has 0 saturated carbocycles. The average Bonchev–Trinajstić information content (AvgIpc) is 2.60. The van der Waals surface area contributed by atoms with Gasteiger partial charge in [0.2, 0.25) is 0 Å². The van der Waals surface area contributed by atoms with E-state index in [-0.39, 0.29) is 22.3 Å². The molecule has 0 aliphatic heterocycles. The van der Waals surface area contributed by atoms with Crippen LogP contribution in [0, 0.1) is 0 Å². The van der Waals surface area contributed by atoms with Crippen molar-refractivity contribution in [3.8, 4) is 5.75 Å². The molecule has 6 heteroatoms. The molecule has 5 nitrogen and oxygen atoms in total. The Morgan fingerprint density at radius 2 is 1.58 bits per heavy atom. The minimum atomic E-state index is -3.26. The number of aromatic hydroxyl groups is 1. The Balaban J connectivity index is 1.82. The van der Waals surface area contributed by atoms with Crippen LogP contribution in [0.5, 0.6) is 5.75 Å². The van der Waals surface area contributed by atoms with Gasteiger partial charge < -0.3 is 10.4 Å². The summed E-state index contributed by atoms with van der Waals surface area (Å²) in [7, 11) is -3.26. The Hall–Kier alpha value is -2.86. The molecule has 0 heterocycles. The molecular weight excluding hydrogens is 350 g/mol. The molecule has 1 atom stereocenters. The van der Waals surface area contributed by atoms with Gasteiger partial charge in [0.1, 0.15) is 5.75 Å². The van der Waals surface area contributed by atoms with Crippen LogP contribution >= 0.6 is 0 Å². The third kappa shape index (κ3) is 3.70. The van der Waals surface area contributed by atoms with E-state index in [0.29, 0.717) is 0 Å². The molecule has 1 amide bonds. The highest BCUT2D eigenvalue weighted by Gasteiger charge is 2.16. The van der Waals surface area contributed by atoms with Crippen molar-refractivity contribution in [1.29, 1.82) is 0 Å². The lowest BCUT2D eigenvalue weighted by atomic mass is 10.0. The molecule has 0 saturated heterocycles. The number of nitrogens with one attached hydrogen (secondary N) is 1. The smallest absolute Gasteiger partial charge is 0.255 e. The maximum absolute atomic E-state index is 12.6. The van der Waals surface area contributed by atoms with Crippen LogP contribution in [0.4, 0.5) is 0 Å². The van der Waals surface area contributed by atoms with Crippen molar-refractivity contribution in [2.75, 3.05) is 6.26 Å². The molecule has 0 aliphatic carbocycles. The normalized spacial score (nSPS) is 12.7. The van der Waals surface area contributed by atoms with Gasteiger partial charge in [0, 0.05) is 6.26 Å². The highest BCUT2D eigenvalue weighted by molar-refractivity contribution is 7.90. The highest BCUT2D eigenvalue weighted by atomic mass is 32.2. The molecule has 3 rings (SSSR count). The summed E-state index contributed by atoms with van der Waals surface area (Å²) in [4.78, 5) is 12.8. The van der Waals surface area contributed by atoms with Crippen LogP contribution in [0.15, 0.2) is 65.6 Å². The number of hydrogen-bond acceptors (Lipinski definition) is 4. The Morgan fingerprint density at radius 1 is 1.00 bits per heavy atom. The summed E-state index contributed by atoms with van der Waals surface area (Å²) in [6.07, 6.45) is 1.15. The number of amides is 1. The topological polar surface area (TPSA) is 83.5 Å². The molecule has 0 radical (unpaired) electrons. The zero-order valence-corrected chi connectivity index (χ0v) is 15.2. The van der Waals surface area contributed by atoms with Crippen molar-refractivity contribution >= 4 is 26.5 Å². The highest BCUT2D eigenvalue weighted by Crippen LogP contribution is 2.26. The molecule has 0 spiro atoms. The number of carbonyl (C=O) groups excluding carboxylic acids is 1. The fourth-order valence-corrected chi connectivity index (χ4v) is 3.40. The first-order valence-electron chi connectivity index (χ1n) is 8.08. The van der Waals surface area contributed by atoms with Crippen LogP contribution in [0.1, 0.15) is 28.9 Å². The summed E-state index contributed by atoms with van der Waals surface area (Å²) in [6.45, 7) is 1.80. The Kier molecular flexibility index (Phi) is 4.70. The molecule has 134 valence electrons. The number of benzene rings is 3. The van der Waals surface area contributed by atoms with Crippen molar-refractivity contribution in [1.82, 2.24) is 5.32 Å². The van der Waals surface area contributed by atoms with Gasteiger partial charge in [-0.25, -0.2) is 8.42 Å². The van der Waals surface area contributed by atoms with Gasteiger partial charge in [0.15, 0.2) is 9.84 Å². The van der Waals surface area contributed by atoms with Gasteiger partial charge in [0.25, 0.3) is 5.91 Å². The van der Waals surface area contributed by atoms with E-state index in [9.17, 15) is 18.3 Å². The molecule has 0 fully saturated rings. The van der Waals surface area contributed by atoms with Crippen LogP contribution in [0.3, 0.4) is 0 Å². The predicted octanol–water partition coefficient (Wildman–Crippen LogP) is 3.44. The van der Waals surface area contributed by atoms with Crippen LogP contribution in [-0.2, 0) is 9.84 Å². The number of hydrogen-bond donors (Lipinski definition) is 2. The lowest BCUT2D eigenvalue weighted by molar-refractivity contribution is 0.0937. The zero-order valence-electron chi connectivity index (χ0n) is 14.4. The van der Waals surface area contributed by atoms with E-state index >= 15 is 0 Å². The first-order valence-corrected chi connectivity index (χ1v) is 9.97. The summed E-state index contributed by atoms with van der Waals surface area (Å²) >= 11 is 0. The fraction of sp³-hybridized carbons (Fsp3) is 0.150. The average molecular weight is 369 g/mol. The molecule has 0 aromatic heterocycles. The lowest BCUT2D eigenvalue weighted by Gasteiger charge is -2.16. The van der Waals surface area contributed by atoms with Gasteiger partial charge >= 0.3 is 0 Å². The third-order valence-corrected chi connectivity index (χ3v) is 5.39. The molecule has 0 bridgehead atoms. The van der Waals surface area contributed by atoms with E-state index in [1.165, 1.54) is 12.1 Å². The number of sulfone groups is 1. The van der Waals surface area contributed by atoms with Crippen molar-refractivity contribution < 1.29 is 18.3 Å². The number of rotatable bonds is 4. The standard InChI is InChI=1S/C20H19NO4S/c1-13(14-7-9-17(10-8-14)26(2,24)25)21-20(23)18-11-15-5-3-4-6-16(15)12-19(18)22/h3-13,22H,1-2H3,(H,21,23)/t13-/m0/s1. The van der Waals surface area contributed by atoms with Crippen molar-refractivity contribution in [3.05, 3.63) is 71.8 Å². The van der Waals surface area contributed by atoms with Crippen LogP contribution in [-0.4, -0.2) is 25.7 Å². The second-order valence-corrected chi connectivity index (χ2v) is 8.27. The summed E-state index contributed by atoms with van der Waals surface area (Å²) in [5.74, 6) is -0.478. The Morgan fingerprint density at radius 3 is 2.15 bits per heavy atom. The molecule has 2 N–H and O–H groups in total. The fourth-order valence-electron chi connectivity index (χ4n) is 2.77. The van der Waals surface area contributed by atoms with E-state index in [1.54, 1.807) is 31.2 Å². The summed E-state index contributed by atoms with van der Waals surface area (Å²) in [5.41, 5.74) is 0.967. The monoisotopic (exact) mass is 369 g/mol. The van der Waals surface area contributed by atoms with E-state index < -0.39 is 15.7 Å². The van der Waals surface area contributed by atoms with E-state index in [4.69, 9.17) is 0 Å². The van der Waals surface area contributed by atoms with Gasteiger partial charge in [-0.2, -0.15) is 0 Å². The number of fused-ring (bicyclic) bond motifs is 1. The predicted molar refractivity (Wildman–Crippen MR) is 101 cm³/mol. The minimum Gasteiger partial charge on any atom is -0.507 e. The molecule has 0 aliphatic rings. The summed E-state index contributed by atoms with van der Waals surface area (Å²) < 4.78 is 23.0. The number of phenolic OH excluding ortho intramolecular Hbond substituents is 1. The molecule has 3 aromatic carbocycles. The largest absolute Gasteiger partial charge is 0.507 e. The quantitative estimate of drug-likeness (QED) is 0.738. The third-order valence-electron chi connectivity index (χ3n) is 4.26. The van der Waals surface area contributed by atoms with E-state index in [1.807, 2.05) is 24.3 Å². The minimum absolute atomic E-state index is 0.0826. The lowest BCUT2D eigenvalue weighted by Crippen LogP contribution is -2.26. The Bertz CT molecular complexity index is 1070. The second-order valence-electron chi connectivity index (χ2n) is 6.25. The first kappa shape index (κ1) is 17.9. The number of phenols is 1. The van der Waals surface area contributed by atoms with Crippen LogP contribution in [0.2, 0.25) is 0 Å². The Labute approximate surface area is 152 Å². The summed E-state index contributed by atoms with van der Waals surface area (Å²) in [5, 5.41) is 14.7. The maximum Gasteiger partial charge on any atom is 0.255 e. The summed E-state index contributed by atoms with van der Waals surface area (Å²) in [6, 6.07) is 16.7. The van der Waals surface area contributed by atoms with Gasteiger partial charge in [-0.1, -0.05) is 36.4 Å². The molecular formula is C20H19NO4S. The molecule has 0 unspecified atom stereocenters. The van der Waals surface area contributed by atoms with Crippen molar-refractivity contribution in [2.45, 2.75) is 17.9 Å². The van der Waals surface area contributed by atoms with Crippen LogP contribution < -0.4 is 5.32 Å². The van der Waals surface area contributed by atoms with E-state index in [2.05, 4.69) is 5.32 Å². The van der Waals surface area contributed by atoms with Gasteiger partial charge in [-0.05, 0) is 47.5 Å². The molecule has 3 aromatic rings. The van der Waals surface area contributed by atoms with Gasteiger partial charge in [-0.3, -0.25) is 4.79 Å². The second kappa shape index (κ2) is 6.80. The molecule has 26 heavy (non-hydrogen) atoms. The SMILES string of the molecule is C[C@H](NC(=O)c1cc2ccccc2cc1O)c1ccc(S(C)(=O)=O)cc1. The first-order chi connectivity index (χ1) is 12.3. The maximum atomic E-state index is 12.6. The van der Waals surface area contributed by atoms with Crippen LogP contribution in [0.25, 0.3) is 10.8 Å². The van der Waals surface area contributed by atoms with Crippen molar-refractivity contribution in [3.63, 3.8) is 0 Å². The van der Waals surface area contributed by atoms with Gasteiger partial charge in [-0.15, -0.1) is 0 Å². The van der Waals surface area contributed by atoms with Crippen molar-refractivity contribution in [2.24, 2.45) is 0 Å². The van der Waals surface area contributed by atoms with Gasteiger partial charge in [0.05, 0.1) is 16.5 Å².